The number of rotatable bonds is 15. The van der Waals surface area contributed by atoms with Crippen molar-refractivity contribution in [2.45, 2.75) is 51.6 Å². The number of hydrogen-bond donors (Lipinski definition) is 2. The zero-order valence-electron chi connectivity index (χ0n) is 69.3. The van der Waals surface area contributed by atoms with E-state index in [0.29, 0.717) is 5.95 Å². The fourth-order valence-corrected chi connectivity index (χ4v) is 22.3. The quantitative estimate of drug-likeness (QED) is 0.107. The van der Waals surface area contributed by atoms with Crippen LogP contribution in [0.2, 0.25) is 0 Å². The molecule has 25 rings (SSSR count). The van der Waals surface area contributed by atoms with Crippen LogP contribution in [0.1, 0.15) is 77.7 Å². The van der Waals surface area contributed by atoms with Gasteiger partial charge in [-0.25, -0.2) is 15.0 Å². The summed E-state index contributed by atoms with van der Waals surface area (Å²) in [6.07, 6.45) is 11.1. The Kier molecular flexibility index (Phi) is 17.4. The standard InChI is InChI=1S/C115H81N9S2/c1-3-25-70-45-50-103-87(55-70)92-66-107-93(65-106(92)121(103)82-36-15-8-16-37-82)88-56-71(26-4-2)46-51-105(88)124(107)114-117-98(74-31-13-7-14-32-74)67-99(118-114)78-35-23-33-75(57-78)77-47-52-104-89(59-77)91-64-90-84-39-17-20-42-102(84)123(109(90)69-108(91)122(104)83-38-24-34-76(58-83)81-62-96(72-27-9-5-10-28-72)116-97(63-81)73-29-11-6-12-30-73)115-119-100(79-48-53-112-94(60-79)85-40-18-21-43-110(85)125-112)68-101(120-115)80-49-54-113-95(61-80)86-41-19-22-44-111(86)126-113/h5-24,27-69,96,100,116H,3-4,25-26H2,1-2H3,(H,119,120). The molecule has 2 aliphatic rings. The Labute approximate surface area is 735 Å². The maximum Gasteiger partial charge on any atom is 0.235 e. The van der Waals surface area contributed by atoms with E-state index >= 15 is 0 Å². The average molecular weight is 1650 g/mol. The van der Waals surface area contributed by atoms with Gasteiger partial charge in [-0.3, -0.25) is 9.13 Å². The molecule has 16 aromatic carbocycles. The summed E-state index contributed by atoms with van der Waals surface area (Å²) in [6.45, 7) is 4.53. The van der Waals surface area contributed by atoms with E-state index in [0.717, 1.165) is 176 Å². The maximum absolute atomic E-state index is 5.85. The van der Waals surface area contributed by atoms with Crippen molar-refractivity contribution in [3.8, 4) is 51.0 Å². The van der Waals surface area contributed by atoms with E-state index in [4.69, 9.17) is 15.0 Å². The molecule has 7 aromatic heterocycles. The molecule has 0 radical (unpaired) electrons. The first kappa shape index (κ1) is 73.4. The third kappa shape index (κ3) is 12.3. The van der Waals surface area contributed by atoms with Gasteiger partial charge in [0, 0.05) is 117 Å². The number of aliphatic imine (C=N–C) groups is 1. The number of aryl methyl sites for hydroxylation is 2. The lowest BCUT2D eigenvalue weighted by atomic mass is 9.93. The zero-order valence-corrected chi connectivity index (χ0v) is 70.9. The van der Waals surface area contributed by atoms with Crippen molar-refractivity contribution in [2.24, 2.45) is 4.99 Å². The number of thiophene rings is 2. The van der Waals surface area contributed by atoms with Crippen LogP contribution in [0, 0.1) is 0 Å². The monoisotopic (exact) mass is 1650 g/mol. The molecule has 0 fully saturated rings. The Bertz CT molecular complexity index is 8560. The van der Waals surface area contributed by atoms with Crippen LogP contribution in [-0.2, 0) is 12.8 Å². The molecule has 0 spiro atoms. The first-order valence-electron chi connectivity index (χ1n) is 43.8. The van der Waals surface area contributed by atoms with Crippen LogP contribution in [0.5, 0.6) is 0 Å². The number of dihydropyridines is 1. The van der Waals surface area contributed by atoms with Gasteiger partial charge in [-0.15, -0.1) is 22.7 Å². The van der Waals surface area contributed by atoms with Crippen LogP contribution in [0.15, 0.2) is 387 Å². The zero-order chi connectivity index (χ0) is 83.2. The van der Waals surface area contributed by atoms with Gasteiger partial charge in [0.1, 0.15) is 0 Å². The number of nitrogens with zero attached hydrogens (tertiary/aromatic N) is 7. The minimum absolute atomic E-state index is 0.0679. The average Bonchev–Trinajstić information content (AvgIpc) is 1.55. The van der Waals surface area contributed by atoms with Gasteiger partial charge in [-0.1, -0.05) is 251 Å². The SMILES string of the molecule is CCCc1ccc2c(c1)c1cc3c(cc1n2-c1ccccc1)c1cc(CCC)ccc1n3-c1nc(-c2ccccc2)cc(-c2cccc(-c3ccc4c(c3)c3cc5c6ccccc6n(C6=NC(c7ccc8sc9ccccc9c8c7)=CC(c7ccc8sc9ccccc9c8c7)N6)c5cc3n4-c3cccc(C4=CC(c5ccccc5)NC(c5ccccc5)=C4)c3)c2)n1. The Hall–Kier alpha value is -15.3. The largest absolute Gasteiger partial charge is 0.374 e. The number of benzene rings is 16. The minimum atomic E-state index is -0.244. The highest BCUT2D eigenvalue weighted by atomic mass is 32.1. The number of fused-ring (bicyclic) bond motifs is 18. The van der Waals surface area contributed by atoms with E-state index in [1.165, 1.54) is 84.2 Å². The van der Waals surface area contributed by atoms with Crippen LogP contribution in [0.3, 0.4) is 0 Å². The molecule has 2 atom stereocenters. The Morgan fingerprint density at radius 1 is 0.286 bits per heavy atom. The third-order valence-corrected chi connectivity index (χ3v) is 28.3. The van der Waals surface area contributed by atoms with Gasteiger partial charge in [0.05, 0.1) is 73.3 Å². The van der Waals surface area contributed by atoms with Crippen LogP contribution in [0.4, 0.5) is 0 Å². The summed E-state index contributed by atoms with van der Waals surface area (Å²) in [5.74, 6) is 1.36. The molecular weight excluding hydrogens is 1570 g/mol. The van der Waals surface area contributed by atoms with Gasteiger partial charge in [-0.2, -0.15) is 0 Å². The molecule has 0 amide bonds. The lowest BCUT2D eigenvalue weighted by Gasteiger charge is -2.26. The Morgan fingerprint density at radius 3 is 1.49 bits per heavy atom. The molecular formula is C115H81N9S2. The highest BCUT2D eigenvalue weighted by Gasteiger charge is 2.29. The topological polar surface area (TPSA) is 81.9 Å². The second-order valence-electron chi connectivity index (χ2n) is 33.7. The smallest absolute Gasteiger partial charge is 0.235 e. The molecule has 23 aromatic rings. The summed E-state index contributed by atoms with van der Waals surface area (Å²) in [7, 11) is 0. The summed E-state index contributed by atoms with van der Waals surface area (Å²) in [4.78, 5) is 17.3. The van der Waals surface area contributed by atoms with E-state index in [1.807, 2.05) is 22.7 Å². The van der Waals surface area contributed by atoms with E-state index in [9.17, 15) is 0 Å². The van der Waals surface area contributed by atoms with E-state index in [1.54, 1.807) is 0 Å². The molecule has 2 N–H and O–H groups in total. The summed E-state index contributed by atoms with van der Waals surface area (Å²) in [5, 5.41) is 22.4. The summed E-state index contributed by atoms with van der Waals surface area (Å²) in [5.41, 5.74) is 28.2. The van der Waals surface area contributed by atoms with Crippen molar-refractivity contribution < 1.29 is 0 Å². The number of nitrogens with one attached hydrogen (secondary N) is 2. The molecule has 126 heavy (non-hydrogen) atoms. The minimum Gasteiger partial charge on any atom is -0.374 e. The Morgan fingerprint density at radius 2 is 0.770 bits per heavy atom. The van der Waals surface area contributed by atoms with Crippen LogP contribution < -0.4 is 10.6 Å². The molecule has 9 nitrogen and oxygen atoms in total. The molecule has 9 heterocycles. The normalized spacial score (nSPS) is 14.4. The first-order valence-corrected chi connectivity index (χ1v) is 45.4. The van der Waals surface area contributed by atoms with Crippen LogP contribution >= 0.6 is 22.7 Å². The molecule has 2 unspecified atom stereocenters. The number of allylic oxidation sites excluding steroid dienone is 2. The number of hydrogen-bond acceptors (Lipinski definition) is 7. The number of aromatic nitrogens is 6. The predicted molar refractivity (Wildman–Crippen MR) is 532 cm³/mol. The highest BCUT2D eigenvalue weighted by molar-refractivity contribution is 7.26. The molecule has 11 heteroatoms. The van der Waals surface area contributed by atoms with Gasteiger partial charge in [0.15, 0.2) is 0 Å². The van der Waals surface area contributed by atoms with Gasteiger partial charge in [0.2, 0.25) is 11.9 Å². The first-order chi connectivity index (χ1) is 62.3. The van der Waals surface area contributed by atoms with Crippen molar-refractivity contribution in [2.75, 3.05) is 0 Å². The molecule has 598 valence electrons. The van der Waals surface area contributed by atoms with Crippen molar-refractivity contribution in [3.63, 3.8) is 0 Å². The van der Waals surface area contributed by atoms with E-state index in [2.05, 4.69) is 425 Å². The lowest BCUT2D eigenvalue weighted by molar-refractivity contribution is 0.762. The van der Waals surface area contributed by atoms with E-state index in [-0.39, 0.29) is 12.1 Å². The molecule has 0 aliphatic carbocycles. The van der Waals surface area contributed by atoms with Gasteiger partial charge in [-0.05, 0) is 221 Å². The van der Waals surface area contributed by atoms with Crippen molar-refractivity contribution in [3.05, 3.63) is 421 Å². The second kappa shape index (κ2) is 29.8. The Balaban J connectivity index is 0.682. The van der Waals surface area contributed by atoms with Crippen LogP contribution in [0.25, 0.3) is 195 Å². The highest BCUT2D eigenvalue weighted by Crippen LogP contribution is 2.47. The lowest BCUT2D eigenvalue weighted by Crippen LogP contribution is -2.35. The predicted octanol–water partition coefficient (Wildman–Crippen LogP) is 29.9. The van der Waals surface area contributed by atoms with Gasteiger partial charge < -0.3 is 19.8 Å². The molecule has 0 saturated heterocycles. The second-order valence-corrected chi connectivity index (χ2v) is 35.9. The maximum atomic E-state index is 5.85. The van der Waals surface area contributed by atoms with Gasteiger partial charge >= 0.3 is 0 Å². The number of para-hydroxylation sites is 2. The van der Waals surface area contributed by atoms with Crippen LogP contribution in [-0.4, -0.2) is 34.2 Å². The van der Waals surface area contributed by atoms with Crippen molar-refractivity contribution >= 4 is 173 Å². The molecule has 0 bridgehead atoms. The van der Waals surface area contributed by atoms with Crippen molar-refractivity contribution in [1.82, 2.24) is 38.9 Å². The van der Waals surface area contributed by atoms with Crippen molar-refractivity contribution in [1.29, 1.82) is 0 Å². The summed E-state index contributed by atoms with van der Waals surface area (Å²) in [6, 6.07) is 134. The summed E-state index contributed by atoms with van der Waals surface area (Å²) >= 11 is 3.69. The molecule has 2 aliphatic heterocycles. The fraction of sp³-hybridized carbons (Fsp3) is 0.0696. The van der Waals surface area contributed by atoms with E-state index < -0.39 is 0 Å². The summed E-state index contributed by atoms with van der Waals surface area (Å²) < 4.78 is 14.8. The fourth-order valence-electron chi connectivity index (χ4n) is 20.1. The third-order valence-electron chi connectivity index (χ3n) is 26.0. The van der Waals surface area contributed by atoms with Gasteiger partial charge in [0.25, 0.3) is 0 Å². The molecule has 0 saturated carbocycles.